The van der Waals surface area contributed by atoms with Crippen LogP contribution in [-0.2, 0) is 32.2 Å². The summed E-state index contributed by atoms with van der Waals surface area (Å²) in [6, 6.07) is 9.90. The zero-order chi connectivity index (χ0) is 28.9. The van der Waals surface area contributed by atoms with E-state index in [4.69, 9.17) is 0 Å². The van der Waals surface area contributed by atoms with Crippen molar-refractivity contribution in [3.8, 4) is 0 Å². The number of carbonyl (C=O) groups excluding carboxylic acids is 2. The molecule has 214 valence electrons. The van der Waals surface area contributed by atoms with Gasteiger partial charge in [0.2, 0.25) is 15.9 Å². The molecule has 13 heteroatoms. The number of nitrogens with zero attached hydrogens (tertiary/aromatic N) is 3. The molecule has 3 heterocycles. The van der Waals surface area contributed by atoms with Gasteiger partial charge in [0.05, 0.1) is 30.4 Å². The number of sulfonamides is 1. The number of amidine groups is 1. The number of hydrogen-bond acceptors (Lipinski definition) is 6. The zero-order valence-corrected chi connectivity index (χ0v) is 22.6. The summed E-state index contributed by atoms with van der Waals surface area (Å²) in [4.78, 5) is 30.9. The monoisotopic (exact) mass is 578 g/mol. The quantitative estimate of drug-likeness (QED) is 0.546. The number of aryl methyl sites for hydroxylation is 2. The number of β-amino-alcohol motifs (C(OH)–C–C–N with tert-alkyl or cyclic N) is 1. The third-order valence-electron chi connectivity index (χ3n) is 7.76. The Kier molecular flexibility index (Phi) is 7.26. The van der Waals surface area contributed by atoms with Gasteiger partial charge in [0.25, 0.3) is 5.91 Å². The van der Waals surface area contributed by atoms with Crippen molar-refractivity contribution in [1.82, 2.24) is 9.62 Å². The third-order valence-corrected chi connectivity index (χ3v) is 9.63. The van der Waals surface area contributed by atoms with Crippen LogP contribution in [0.3, 0.4) is 0 Å². The van der Waals surface area contributed by atoms with Crippen molar-refractivity contribution in [1.29, 1.82) is 0 Å². The number of alkyl halides is 3. The van der Waals surface area contributed by atoms with E-state index >= 15 is 0 Å². The second-order valence-corrected chi connectivity index (χ2v) is 12.6. The molecule has 0 saturated carbocycles. The number of aliphatic hydroxyl groups excluding tert-OH is 1. The van der Waals surface area contributed by atoms with Crippen LogP contribution in [0, 0.1) is 6.92 Å². The number of piperidine rings is 1. The van der Waals surface area contributed by atoms with Crippen LogP contribution in [-0.4, -0.2) is 72.5 Å². The summed E-state index contributed by atoms with van der Waals surface area (Å²) < 4.78 is 67.0. The van der Waals surface area contributed by atoms with Gasteiger partial charge in [-0.2, -0.15) is 13.2 Å². The van der Waals surface area contributed by atoms with Crippen LogP contribution < -0.4 is 10.2 Å². The minimum atomic E-state index is -4.53. The Hall–Kier alpha value is -3.29. The van der Waals surface area contributed by atoms with Gasteiger partial charge in [0, 0.05) is 24.3 Å². The van der Waals surface area contributed by atoms with Crippen molar-refractivity contribution in [2.45, 2.75) is 50.4 Å². The smallest absolute Gasteiger partial charge is 0.391 e. The highest BCUT2D eigenvalue weighted by Crippen LogP contribution is 2.34. The molecule has 40 heavy (non-hydrogen) atoms. The lowest BCUT2D eigenvalue weighted by atomic mass is 9.89. The van der Waals surface area contributed by atoms with Gasteiger partial charge in [0.15, 0.2) is 0 Å². The summed E-state index contributed by atoms with van der Waals surface area (Å²) >= 11 is 0. The Morgan fingerprint density at radius 3 is 2.48 bits per heavy atom. The molecule has 0 bridgehead atoms. The minimum absolute atomic E-state index is 0.0523. The lowest BCUT2D eigenvalue weighted by Gasteiger charge is -2.34. The molecular formula is C27H29F3N4O5S. The largest absolute Gasteiger partial charge is 0.416 e. The first kappa shape index (κ1) is 28.2. The summed E-state index contributed by atoms with van der Waals surface area (Å²) in [5.74, 6) is -0.701. The van der Waals surface area contributed by atoms with Gasteiger partial charge < -0.3 is 15.3 Å². The molecule has 2 saturated heterocycles. The number of amides is 2. The summed E-state index contributed by atoms with van der Waals surface area (Å²) in [5.41, 5.74) is 0.380. The highest BCUT2D eigenvalue weighted by atomic mass is 32.2. The van der Waals surface area contributed by atoms with Gasteiger partial charge in [0.1, 0.15) is 11.4 Å². The van der Waals surface area contributed by atoms with Gasteiger partial charge in [-0.25, -0.2) is 12.7 Å². The number of aliphatic imine (C=N–C) groups is 1. The van der Waals surface area contributed by atoms with Crippen LogP contribution >= 0.6 is 0 Å². The molecule has 2 aromatic carbocycles. The fraction of sp³-hybridized carbons (Fsp3) is 0.444. The van der Waals surface area contributed by atoms with Crippen molar-refractivity contribution < 1.29 is 36.3 Å². The first-order valence-electron chi connectivity index (χ1n) is 12.9. The molecule has 9 nitrogen and oxygen atoms in total. The predicted molar refractivity (Wildman–Crippen MR) is 141 cm³/mol. The lowest BCUT2D eigenvalue weighted by molar-refractivity contribution is -0.137. The summed E-state index contributed by atoms with van der Waals surface area (Å²) in [7, 11) is -3.66. The van der Waals surface area contributed by atoms with E-state index in [0.717, 1.165) is 23.3 Å². The van der Waals surface area contributed by atoms with E-state index < -0.39 is 39.3 Å². The first-order chi connectivity index (χ1) is 18.8. The number of anilines is 1. The van der Waals surface area contributed by atoms with E-state index in [0.29, 0.717) is 5.69 Å². The fourth-order valence-electron chi connectivity index (χ4n) is 5.40. The van der Waals surface area contributed by atoms with Crippen molar-refractivity contribution in [2.24, 2.45) is 4.99 Å². The Balaban J connectivity index is 1.22. The SMILES string of the molecule is Cc1cc(N2C[C@H](O)CC2=O)ccc1CCS(=O)(=O)N1CCC2(CC1)N=C(c1cccc(C(F)(F)F)c1)NC2=O. The third kappa shape index (κ3) is 5.50. The van der Waals surface area contributed by atoms with Crippen molar-refractivity contribution in [2.75, 3.05) is 30.3 Å². The number of hydrogen-bond donors (Lipinski definition) is 2. The number of halogens is 3. The molecule has 3 aliphatic rings. The van der Waals surface area contributed by atoms with E-state index in [2.05, 4.69) is 10.3 Å². The van der Waals surface area contributed by atoms with Crippen LogP contribution in [0.1, 0.15) is 41.5 Å². The normalized spacial score (nSPS) is 21.7. The maximum atomic E-state index is 13.1. The highest BCUT2D eigenvalue weighted by Gasteiger charge is 2.47. The Bertz CT molecular complexity index is 1480. The maximum absolute atomic E-state index is 13.1. The molecule has 2 aromatic rings. The first-order valence-corrected chi connectivity index (χ1v) is 14.5. The van der Waals surface area contributed by atoms with Crippen molar-refractivity contribution >= 4 is 33.4 Å². The fourth-order valence-corrected chi connectivity index (χ4v) is 6.88. The Labute approximate surface area is 229 Å². The van der Waals surface area contributed by atoms with Gasteiger partial charge >= 0.3 is 6.18 Å². The second kappa shape index (κ2) is 10.3. The van der Waals surface area contributed by atoms with Gasteiger partial charge in [-0.3, -0.25) is 14.6 Å². The highest BCUT2D eigenvalue weighted by molar-refractivity contribution is 7.89. The molecule has 2 fully saturated rings. The topological polar surface area (TPSA) is 119 Å². The van der Waals surface area contributed by atoms with E-state index in [1.165, 1.54) is 21.3 Å². The summed E-state index contributed by atoms with van der Waals surface area (Å²) in [6.45, 7) is 2.19. The van der Waals surface area contributed by atoms with Crippen molar-refractivity contribution in [3.63, 3.8) is 0 Å². The van der Waals surface area contributed by atoms with Crippen LogP contribution in [0.2, 0.25) is 0 Å². The lowest BCUT2D eigenvalue weighted by Crippen LogP contribution is -2.50. The Morgan fingerprint density at radius 1 is 1.12 bits per heavy atom. The average Bonchev–Trinajstić information content (AvgIpc) is 3.40. The Morgan fingerprint density at radius 2 is 1.85 bits per heavy atom. The van der Waals surface area contributed by atoms with Gasteiger partial charge in [-0.05, 0) is 61.6 Å². The minimum Gasteiger partial charge on any atom is -0.391 e. The zero-order valence-electron chi connectivity index (χ0n) is 21.7. The summed E-state index contributed by atoms with van der Waals surface area (Å²) in [6.07, 6.45) is -4.67. The molecule has 0 radical (unpaired) electrons. The van der Waals surface area contributed by atoms with E-state index in [9.17, 15) is 36.3 Å². The average molecular weight is 579 g/mol. The molecule has 3 aliphatic heterocycles. The van der Waals surface area contributed by atoms with E-state index in [1.54, 1.807) is 18.2 Å². The van der Waals surface area contributed by atoms with Gasteiger partial charge in [-0.15, -0.1) is 0 Å². The maximum Gasteiger partial charge on any atom is 0.416 e. The molecule has 2 N–H and O–H groups in total. The number of aliphatic hydroxyl groups is 1. The van der Waals surface area contributed by atoms with E-state index in [-0.39, 0.29) is 68.4 Å². The molecule has 0 aliphatic carbocycles. The van der Waals surface area contributed by atoms with Gasteiger partial charge in [-0.1, -0.05) is 18.2 Å². The molecule has 5 rings (SSSR count). The summed E-state index contributed by atoms with van der Waals surface area (Å²) in [5, 5.41) is 12.3. The van der Waals surface area contributed by atoms with E-state index in [1.807, 2.05) is 6.92 Å². The second-order valence-electron chi connectivity index (χ2n) is 10.5. The molecular weight excluding hydrogens is 549 g/mol. The van der Waals surface area contributed by atoms with Crippen LogP contribution in [0.4, 0.5) is 18.9 Å². The van der Waals surface area contributed by atoms with Crippen LogP contribution in [0.5, 0.6) is 0 Å². The molecule has 1 atom stereocenters. The number of benzene rings is 2. The molecule has 0 aromatic heterocycles. The van der Waals surface area contributed by atoms with Crippen molar-refractivity contribution in [3.05, 3.63) is 64.7 Å². The van der Waals surface area contributed by atoms with Crippen LogP contribution in [0.25, 0.3) is 0 Å². The molecule has 2 amide bonds. The predicted octanol–water partition coefficient (Wildman–Crippen LogP) is 2.39. The molecule has 0 unspecified atom stereocenters. The number of carbonyl (C=O) groups is 2. The standard InChI is InChI=1S/C27H29F3N4O5S/c1-17-13-21(34-16-22(35)15-23(34)36)6-5-18(17)7-12-40(38,39)33-10-8-26(9-11-33)25(37)31-24(32-26)19-3-2-4-20(14-19)27(28,29)30/h2-6,13-14,22,35H,7-12,15-16H2,1H3,(H,31,32,37)/t22-/m1/s1. The van der Waals surface area contributed by atoms with Crippen LogP contribution in [0.15, 0.2) is 47.5 Å². The number of rotatable bonds is 6. The molecule has 1 spiro atoms. The number of nitrogens with one attached hydrogen (secondary N) is 1.